The van der Waals surface area contributed by atoms with Gasteiger partial charge in [-0.2, -0.15) is 13.2 Å². The second-order valence-corrected chi connectivity index (χ2v) is 5.28. The summed E-state index contributed by atoms with van der Waals surface area (Å²) >= 11 is 0. The van der Waals surface area contributed by atoms with Gasteiger partial charge in [-0.25, -0.2) is 0 Å². The second-order valence-electron chi connectivity index (χ2n) is 5.28. The van der Waals surface area contributed by atoms with E-state index >= 15 is 0 Å². The quantitative estimate of drug-likeness (QED) is 0.925. The highest BCUT2D eigenvalue weighted by molar-refractivity contribution is 5.38. The van der Waals surface area contributed by atoms with Gasteiger partial charge in [-0.1, -0.05) is 6.07 Å². The van der Waals surface area contributed by atoms with Crippen LogP contribution in [0.15, 0.2) is 18.2 Å². The zero-order valence-electron chi connectivity index (χ0n) is 12.0. The highest BCUT2D eigenvalue weighted by Gasteiger charge is 2.34. The fourth-order valence-corrected chi connectivity index (χ4v) is 2.64. The Bertz CT molecular complexity index is 468. The first kappa shape index (κ1) is 16.1. The number of phenolic OH excluding ortho intramolecular Hbond substituents is 1. The van der Waals surface area contributed by atoms with Gasteiger partial charge in [0, 0.05) is 26.2 Å². The lowest BCUT2D eigenvalue weighted by Crippen LogP contribution is -2.36. The predicted octanol–water partition coefficient (Wildman–Crippen LogP) is 3.41. The molecule has 0 amide bonds. The molecule has 0 aliphatic carbocycles. The molecule has 1 fully saturated rings. The lowest BCUT2D eigenvalue weighted by atomic mass is 10.0. The Morgan fingerprint density at radius 1 is 1.29 bits per heavy atom. The van der Waals surface area contributed by atoms with Gasteiger partial charge in [0.2, 0.25) is 0 Å². The van der Waals surface area contributed by atoms with Crippen molar-refractivity contribution in [3.8, 4) is 5.75 Å². The van der Waals surface area contributed by atoms with Gasteiger partial charge in [0.05, 0.1) is 11.7 Å². The minimum atomic E-state index is -4.53. The minimum Gasteiger partial charge on any atom is -0.507 e. The molecule has 0 saturated carbocycles. The van der Waals surface area contributed by atoms with Crippen molar-refractivity contribution in [2.45, 2.75) is 38.6 Å². The number of benzene rings is 1. The van der Waals surface area contributed by atoms with Gasteiger partial charge in [-0.05, 0) is 37.5 Å². The molecule has 1 aliphatic rings. The monoisotopic (exact) mass is 303 g/mol. The van der Waals surface area contributed by atoms with Crippen molar-refractivity contribution in [2.75, 3.05) is 19.7 Å². The van der Waals surface area contributed by atoms with E-state index in [1.165, 1.54) is 0 Å². The Morgan fingerprint density at radius 2 is 1.95 bits per heavy atom. The van der Waals surface area contributed by atoms with Crippen LogP contribution in [-0.2, 0) is 17.5 Å². The van der Waals surface area contributed by atoms with Crippen LogP contribution >= 0.6 is 0 Å². The van der Waals surface area contributed by atoms with Crippen molar-refractivity contribution in [1.82, 2.24) is 4.90 Å². The molecular formula is C15H20F3NO2. The Labute approximate surface area is 122 Å². The second kappa shape index (κ2) is 6.66. The number of nitrogens with zero attached hydrogens (tertiary/aromatic N) is 1. The lowest BCUT2D eigenvalue weighted by Gasteiger charge is -2.31. The first-order valence-corrected chi connectivity index (χ1v) is 7.13. The number of phenols is 1. The van der Waals surface area contributed by atoms with Crippen molar-refractivity contribution in [3.63, 3.8) is 0 Å². The van der Waals surface area contributed by atoms with Gasteiger partial charge in [0.15, 0.2) is 0 Å². The average Bonchev–Trinajstić information content (AvgIpc) is 2.42. The Hall–Kier alpha value is -1.27. The number of halogens is 3. The molecule has 0 unspecified atom stereocenters. The summed E-state index contributed by atoms with van der Waals surface area (Å²) in [6.07, 6.45) is -2.46. The minimum absolute atomic E-state index is 0.261. The zero-order valence-corrected chi connectivity index (χ0v) is 12.0. The number of piperidine rings is 1. The molecule has 21 heavy (non-hydrogen) atoms. The summed E-state index contributed by atoms with van der Waals surface area (Å²) in [5, 5.41) is 9.32. The molecule has 118 valence electrons. The summed E-state index contributed by atoms with van der Waals surface area (Å²) in [5.74, 6) is -0.721. The number of ether oxygens (including phenoxy) is 1. The van der Waals surface area contributed by atoms with E-state index in [4.69, 9.17) is 4.74 Å². The molecule has 1 saturated heterocycles. The third-order valence-electron chi connectivity index (χ3n) is 3.71. The van der Waals surface area contributed by atoms with Crippen LogP contribution in [0.2, 0.25) is 0 Å². The smallest absolute Gasteiger partial charge is 0.419 e. The van der Waals surface area contributed by atoms with E-state index in [-0.39, 0.29) is 6.10 Å². The largest absolute Gasteiger partial charge is 0.507 e. The van der Waals surface area contributed by atoms with Crippen LogP contribution in [0, 0.1) is 0 Å². The Morgan fingerprint density at radius 3 is 2.52 bits per heavy atom. The number of rotatable bonds is 4. The van der Waals surface area contributed by atoms with E-state index in [0.29, 0.717) is 18.7 Å². The maximum Gasteiger partial charge on any atom is 0.419 e. The molecule has 0 aromatic heterocycles. The number of likely N-dealkylation sites (tertiary alicyclic amines) is 1. The molecule has 0 atom stereocenters. The normalized spacial score (nSPS) is 18.1. The van der Waals surface area contributed by atoms with E-state index in [1.807, 2.05) is 6.92 Å². The third-order valence-corrected chi connectivity index (χ3v) is 3.71. The maximum atomic E-state index is 12.8. The summed E-state index contributed by atoms with van der Waals surface area (Å²) in [4.78, 5) is 2.11. The number of hydrogen-bond donors (Lipinski definition) is 1. The van der Waals surface area contributed by atoms with Gasteiger partial charge in [-0.15, -0.1) is 0 Å². The fraction of sp³-hybridized carbons (Fsp3) is 0.600. The van der Waals surface area contributed by atoms with Crippen molar-refractivity contribution < 1.29 is 23.0 Å². The molecule has 1 aromatic rings. The van der Waals surface area contributed by atoms with Crippen LogP contribution < -0.4 is 0 Å². The highest BCUT2D eigenvalue weighted by Crippen LogP contribution is 2.36. The molecule has 0 bridgehead atoms. The maximum absolute atomic E-state index is 12.8. The molecular weight excluding hydrogens is 283 g/mol. The highest BCUT2D eigenvalue weighted by atomic mass is 19.4. The van der Waals surface area contributed by atoms with Crippen LogP contribution in [-0.4, -0.2) is 35.8 Å². The number of hydrogen-bond acceptors (Lipinski definition) is 3. The number of aromatic hydroxyl groups is 1. The van der Waals surface area contributed by atoms with Gasteiger partial charge < -0.3 is 9.84 Å². The molecule has 2 rings (SSSR count). The van der Waals surface area contributed by atoms with Gasteiger partial charge >= 0.3 is 6.18 Å². The zero-order chi connectivity index (χ0) is 15.5. The van der Waals surface area contributed by atoms with E-state index < -0.39 is 17.5 Å². The lowest BCUT2D eigenvalue weighted by molar-refractivity contribution is -0.138. The summed E-state index contributed by atoms with van der Waals surface area (Å²) < 4.78 is 43.8. The molecule has 0 spiro atoms. The first-order chi connectivity index (χ1) is 9.90. The topological polar surface area (TPSA) is 32.7 Å². The summed E-state index contributed by atoms with van der Waals surface area (Å²) in [5.41, 5.74) is -0.404. The van der Waals surface area contributed by atoms with Gasteiger partial charge in [-0.3, -0.25) is 4.90 Å². The van der Waals surface area contributed by atoms with Crippen LogP contribution in [0.3, 0.4) is 0 Å². The van der Waals surface area contributed by atoms with Gasteiger partial charge in [0.25, 0.3) is 0 Å². The summed E-state index contributed by atoms with van der Waals surface area (Å²) in [6, 6.07) is 3.69. The molecule has 1 N–H and O–H groups in total. The predicted molar refractivity (Wildman–Crippen MR) is 73.0 cm³/mol. The molecule has 1 aromatic carbocycles. The number of alkyl halides is 3. The molecule has 0 radical (unpaired) electrons. The van der Waals surface area contributed by atoms with Crippen LogP contribution in [0.25, 0.3) is 0 Å². The van der Waals surface area contributed by atoms with E-state index in [0.717, 1.165) is 38.1 Å². The van der Waals surface area contributed by atoms with Crippen molar-refractivity contribution >= 4 is 0 Å². The van der Waals surface area contributed by atoms with E-state index in [9.17, 15) is 18.3 Å². The van der Waals surface area contributed by atoms with Crippen LogP contribution in [0.1, 0.15) is 30.9 Å². The first-order valence-electron chi connectivity index (χ1n) is 7.13. The fourth-order valence-electron chi connectivity index (χ4n) is 2.64. The molecule has 6 heteroatoms. The standard InChI is InChI=1S/C15H20F3NO2/c1-2-21-12-5-7-19(8-6-12)10-11-3-4-14(20)13(9-11)15(16,17)18/h3-4,9,12,20H,2,5-8,10H2,1H3. The van der Waals surface area contributed by atoms with Crippen molar-refractivity contribution in [2.24, 2.45) is 0 Å². The summed E-state index contributed by atoms with van der Waals surface area (Å²) in [6.45, 7) is 4.74. The average molecular weight is 303 g/mol. The van der Waals surface area contributed by atoms with E-state index in [1.54, 1.807) is 6.07 Å². The Balaban J connectivity index is 1.98. The molecule has 3 nitrogen and oxygen atoms in total. The van der Waals surface area contributed by atoms with Crippen LogP contribution in [0.5, 0.6) is 5.75 Å². The van der Waals surface area contributed by atoms with Gasteiger partial charge in [0.1, 0.15) is 5.75 Å². The molecule has 1 aliphatic heterocycles. The summed E-state index contributed by atoms with van der Waals surface area (Å²) in [7, 11) is 0. The van der Waals surface area contributed by atoms with Crippen molar-refractivity contribution in [3.05, 3.63) is 29.3 Å². The third kappa shape index (κ3) is 4.35. The van der Waals surface area contributed by atoms with Crippen molar-refractivity contribution in [1.29, 1.82) is 0 Å². The van der Waals surface area contributed by atoms with E-state index in [2.05, 4.69) is 4.90 Å². The Kier molecular flexibility index (Phi) is 5.11. The molecule has 1 heterocycles. The van der Waals surface area contributed by atoms with Crippen LogP contribution in [0.4, 0.5) is 13.2 Å². The SMILES string of the molecule is CCOC1CCN(Cc2ccc(O)c(C(F)(F)F)c2)CC1.